The maximum atomic E-state index is 13.1. The molecule has 162 valence electrons. The van der Waals surface area contributed by atoms with E-state index in [-0.39, 0.29) is 18.0 Å². The maximum absolute atomic E-state index is 13.1. The Labute approximate surface area is 183 Å². The number of ketones is 1. The first kappa shape index (κ1) is 21.7. The number of carbonyl (C=O) groups excluding carboxylic acids is 1. The van der Waals surface area contributed by atoms with Crippen LogP contribution >= 0.6 is 11.3 Å². The van der Waals surface area contributed by atoms with Gasteiger partial charge in [-0.2, -0.15) is 0 Å². The predicted molar refractivity (Wildman–Crippen MR) is 122 cm³/mol. The van der Waals surface area contributed by atoms with E-state index in [0.717, 1.165) is 24.8 Å². The lowest BCUT2D eigenvalue weighted by molar-refractivity contribution is -0.116. The summed E-state index contributed by atoms with van der Waals surface area (Å²) in [6.45, 7) is 5.59. The van der Waals surface area contributed by atoms with Crippen molar-refractivity contribution in [2.24, 2.45) is 5.92 Å². The maximum Gasteiger partial charge on any atom is 0.151 e. The third kappa shape index (κ3) is 4.41. The molecule has 0 saturated heterocycles. The zero-order chi connectivity index (χ0) is 21.7. The van der Waals surface area contributed by atoms with E-state index in [1.54, 1.807) is 26.0 Å². The topological polar surface area (TPSA) is 78.2 Å². The fraction of sp³-hybridized carbons (Fsp3) is 0.542. The molecular weight excluding hydrogens is 414 g/mol. The number of benzene rings is 1. The highest BCUT2D eigenvalue weighted by atomic mass is 32.2. The molecule has 0 bridgehead atoms. The number of hydrogen-bond donors (Lipinski definition) is 2. The van der Waals surface area contributed by atoms with Gasteiger partial charge in [-0.1, -0.05) is 19.1 Å². The zero-order valence-corrected chi connectivity index (χ0v) is 19.6. The van der Waals surface area contributed by atoms with E-state index < -0.39 is 15.3 Å². The van der Waals surface area contributed by atoms with Crippen LogP contribution in [0.4, 0.5) is 0 Å². The molecule has 4 nitrogen and oxygen atoms in total. The van der Waals surface area contributed by atoms with Gasteiger partial charge < -0.3 is 5.11 Å². The Bertz CT molecular complexity index is 1070. The molecule has 2 atom stereocenters. The molecule has 0 aliphatic heterocycles. The first-order valence-corrected chi connectivity index (χ1v) is 13.3. The molecule has 0 spiro atoms. The average Bonchev–Trinajstić information content (AvgIpc) is 3.16. The van der Waals surface area contributed by atoms with E-state index in [2.05, 4.69) is 19.1 Å². The second-order valence-corrected chi connectivity index (χ2v) is 12.9. The van der Waals surface area contributed by atoms with Gasteiger partial charge in [0.25, 0.3) is 0 Å². The highest BCUT2D eigenvalue weighted by Gasteiger charge is 2.32. The Hall–Kier alpha value is -1.50. The van der Waals surface area contributed by atoms with Gasteiger partial charge in [0.1, 0.15) is 4.21 Å². The lowest BCUT2D eigenvalue weighted by atomic mass is 9.86. The number of aliphatic hydroxyl groups is 1. The number of thiophene rings is 1. The van der Waals surface area contributed by atoms with Crippen LogP contribution in [0.15, 0.2) is 28.5 Å². The van der Waals surface area contributed by atoms with Crippen LogP contribution in [-0.2, 0) is 39.4 Å². The third-order valence-electron chi connectivity index (χ3n) is 6.50. The van der Waals surface area contributed by atoms with E-state index in [9.17, 15) is 14.1 Å². The van der Waals surface area contributed by atoms with Crippen molar-refractivity contribution >= 4 is 26.8 Å². The van der Waals surface area contributed by atoms with Crippen LogP contribution in [-0.4, -0.2) is 20.9 Å². The van der Waals surface area contributed by atoms with Crippen LogP contribution in [0.25, 0.3) is 0 Å². The van der Waals surface area contributed by atoms with E-state index in [1.807, 2.05) is 0 Å². The van der Waals surface area contributed by atoms with E-state index in [4.69, 9.17) is 4.78 Å². The van der Waals surface area contributed by atoms with Crippen LogP contribution in [0.1, 0.15) is 73.1 Å². The summed E-state index contributed by atoms with van der Waals surface area (Å²) in [5.41, 5.74) is 4.06. The average molecular weight is 446 g/mol. The molecule has 2 aliphatic rings. The Morgan fingerprint density at radius 1 is 1.27 bits per heavy atom. The fourth-order valence-electron chi connectivity index (χ4n) is 4.62. The molecule has 1 fully saturated rings. The van der Waals surface area contributed by atoms with Crippen molar-refractivity contribution in [2.75, 3.05) is 5.75 Å². The molecule has 4 rings (SSSR count). The quantitative estimate of drug-likeness (QED) is 0.586. The number of nitrogens with one attached hydrogen (secondary N) is 1. The van der Waals surface area contributed by atoms with Crippen molar-refractivity contribution in [3.05, 3.63) is 51.4 Å². The van der Waals surface area contributed by atoms with Gasteiger partial charge in [-0.25, -0.2) is 8.99 Å². The lowest BCUT2D eigenvalue weighted by Crippen LogP contribution is -2.19. The molecule has 1 aromatic heterocycles. The predicted octanol–water partition coefficient (Wildman–Crippen LogP) is 5.20. The Balaban J connectivity index is 1.57. The van der Waals surface area contributed by atoms with Gasteiger partial charge >= 0.3 is 0 Å². The molecule has 0 radical (unpaired) electrons. The summed E-state index contributed by atoms with van der Waals surface area (Å²) >= 11 is 1.17. The van der Waals surface area contributed by atoms with Gasteiger partial charge in [0.2, 0.25) is 0 Å². The number of hydrogen-bond acceptors (Lipinski definition) is 5. The molecule has 1 unspecified atom stereocenters. The van der Waals surface area contributed by atoms with E-state index >= 15 is 0 Å². The van der Waals surface area contributed by atoms with Crippen LogP contribution < -0.4 is 0 Å². The minimum Gasteiger partial charge on any atom is -0.385 e. The molecule has 1 saturated carbocycles. The van der Waals surface area contributed by atoms with Crippen molar-refractivity contribution in [3.8, 4) is 0 Å². The lowest BCUT2D eigenvalue weighted by Gasteiger charge is -2.20. The molecule has 6 heteroatoms. The highest BCUT2D eigenvalue weighted by Crippen LogP contribution is 2.44. The van der Waals surface area contributed by atoms with Gasteiger partial charge in [0, 0.05) is 11.3 Å². The number of rotatable bonds is 8. The molecule has 1 aromatic carbocycles. The monoisotopic (exact) mass is 445 g/mol. The molecule has 30 heavy (non-hydrogen) atoms. The molecule has 2 aromatic rings. The second-order valence-electron chi connectivity index (χ2n) is 9.46. The summed E-state index contributed by atoms with van der Waals surface area (Å²) in [6, 6.07) is 7.78. The minimum atomic E-state index is -3.21. The van der Waals surface area contributed by atoms with Crippen LogP contribution in [0, 0.1) is 10.7 Å². The highest BCUT2D eigenvalue weighted by molar-refractivity contribution is 7.95. The summed E-state index contributed by atoms with van der Waals surface area (Å²) in [6.07, 6.45) is 6.00. The number of Topliss-reactive ketones (excluding diaryl/α,β-unsaturated/α-hetero) is 1. The zero-order valence-electron chi connectivity index (χ0n) is 18.0. The summed E-state index contributed by atoms with van der Waals surface area (Å²) < 4.78 is 21.8. The van der Waals surface area contributed by atoms with Gasteiger partial charge in [-0.15, -0.1) is 11.3 Å². The third-order valence-corrected chi connectivity index (χ3v) is 10.3. The van der Waals surface area contributed by atoms with Crippen molar-refractivity contribution < 1.29 is 14.1 Å². The van der Waals surface area contributed by atoms with Gasteiger partial charge in [-0.05, 0) is 92.2 Å². The van der Waals surface area contributed by atoms with Gasteiger partial charge in [0.05, 0.1) is 21.1 Å². The van der Waals surface area contributed by atoms with Crippen molar-refractivity contribution in [2.45, 2.75) is 75.0 Å². The number of aryl methyl sites for hydroxylation is 1. The largest absolute Gasteiger partial charge is 0.385 e. The van der Waals surface area contributed by atoms with Crippen molar-refractivity contribution in [3.63, 3.8) is 0 Å². The minimum absolute atomic E-state index is 0.127. The first-order chi connectivity index (χ1) is 14.1. The van der Waals surface area contributed by atoms with Crippen LogP contribution in [0.3, 0.4) is 0 Å². The van der Waals surface area contributed by atoms with Crippen molar-refractivity contribution in [1.29, 1.82) is 4.78 Å². The Morgan fingerprint density at radius 2 is 2.00 bits per heavy atom. The molecule has 1 heterocycles. The second kappa shape index (κ2) is 7.88. The summed E-state index contributed by atoms with van der Waals surface area (Å²) in [7, 11) is -3.21. The summed E-state index contributed by atoms with van der Waals surface area (Å²) in [5.74, 6) is 0.772. The fourth-order valence-corrected chi connectivity index (χ4v) is 7.33. The standard InChI is InChI=1S/C24H31NO3S2/c1-15(16-7-8-16)19-10-9-17-5-4-6-20(17)21(19)13-18(26)14-30(25,28)23-12-11-22(29-23)24(2,3)27/h9-12,15-16,25,27H,4-8,13-14H2,1-3H3/t15-,30?/m0/s1. The van der Waals surface area contributed by atoms with Gasteiger partial charge in [-0.3, -0.25) is 4.79 Å². The molecule has 2 aliphatic carbocycles. The summed E-state index contributed by atoms with van der Waals surface area (Å²) in [4.78, 5) is 13.7. The summed E-state index contributed by atoms with van der Waals surface area (Å²) in [5, 5.41) is 10.2. The molecule has 2 N–H and O–H groups in total. The normalized spacial score (nSPS) is 19.3. The Morgan fingerprint density at radius 3 is 2.63 bits per heavy atom. The number of fused-ring (bicyclic) bond motifs is 1. The Kier molecular flexibility index (Phi) is 5.71. The SMILES string of the molecule is C[C@H](c1ccc2c(c1CC(=O)CS(=N)(=O)c1ccc(C(C)(C)O)s1)CCC2)C1CC1. The van der Waals surface area contributed by atoms with E-state index in [1.165, 1.54) is 40.9 Å². The van der Waals surface area contributed by atoms with Crippen LogP contribution in [0.2, 0.25) is 0 Å². The van der Waals surface area contributed by atoms with Crippen molar-refractivity contribution in [1.82, 2.24) is 0 Å². The molecule has 0 amide bonds. The number of carbonyl (C=O) groups is 1. The smallest absolute Gasteiger partial charge is 0.151 e. The van der Waals surface area contributed by atoms with Gasteiger partial charge in [0.15, 0.2) is 5.78 Å². The van der Waals surface area contributed by atoms with E-state index in [0.29, 0.717) is 20.9 Å². The first-order valence-electron chi connectivity index (χ1n) is 10.8. The van der Waals surface area contributed by atoms with Crippen LogP contribution in [0.5, 0.6) is 0 Å². The molecular formula is C24H31NO3S2.